The van der Waals surface area contributed by atoms with Gasteiger partial charge in [0.15, 0.2) is 12.1 Å². The van der Waals surface area contributed by atoms with Gasteiger partial charge < -0.3 is 44.6 Å². The summed E-state index contributed by atoms with van der Waals surface area (Å²) in [5, 5.41) is 56.3. The van der Waals surface area contributed by atoms with Gasteiger partial charge >= 0.3 is 0 Å². The number of phenols is 2. The largest absolute Gasteiger partial charge is 0.507 e. The van der Waals surface area contributed by atoms with Crippen LogP contribution in [-0.4, -0.2) is 93.3 Å². The third-order valence-electron chi connectivity index (χ3n) is 8.61. The Bertz CT molecular complexity index is 1370. The number of carbonyl (C=O) groups excluding carboxylic acids is 2. The Balaban J connectivity index is 1.68. The van der Waals surface area contributed by atoms with Crippen molar-refractivity contribution in [2.45, 2.75) is 75.5 Å². The Morgan fingerprint density at radius 2 is 1.70 bits per heavy atom. The van der Waals surface area contributed by atoms with E-state index in [2.05, 4.69) is 0 Å². The van der Waals surface area contributed by atoms with Gasteiger partial charge in [0.1, 0.15) is 23.4 Å². The maximum absolute atomic E-state index is 13.7. The molecule has 7 atom stereocenters. The smallest absolute Gasteiger partial charge is 0.202 e. The molecule has 2 aromatic rings. The number of fused-ring (bicyclic) bond motifs is 3. The Kier molecular flexibility index (Phi) is 7.18. The molecule has 5 rings (SSSR count). The normalized spacial score (nSPS) is 31.5. The van der Waals surface area contributed by atoms with E-state index in [1.54, 1.807) is 13.8 Å². The predicted octanol–water partition coefficient (Wildman–Crippen LogP) is 1.94. The highest BCUT2D eigenvalue weighted by molar-refractivity contribution is 6.31. The van der Waals surface area contributed by atoms with E-state index in [1.165, 1.54) is 25.3 Å². The van der Waals surface area contributed by atoms with Crippen LogP contribution in [0.5, 0.6) is 17.2 Å². The lowest BCUT2D eigenvalue weighted by Crippen LogP contribution is -2.54. The molecule has 1 fully saturated rings. The summed E-state index contributed by atoms with van der Waals surface area (Å²) in [4.78, 5) is 29.2. The molecule has 0 amide bonds. The first kappa shape index (κ1) is 28.5. The van der Waals surface area contributed by atoms with Gasteiger partial charge in [0.25, 0.3) is 0 Å². The van der Waals surface area contributed by atoms with Gasteiger partial charge in [-0.1, -0.05) is 19.1 Å². The van der Waals surface area contributed by atoms with Crippen LogP contribution in [-0.2, 0) is 9.47 Å². The zero-order valence-corrected chi connectivity index (χ0v) is 23.0. The van der Waals surface area contributed by atoms with Gasteiger partial charge in [-0.15, -0.1) is 0 Å². The van der Waals surface area contributed by atoms with Crippen molar-refractivity contribution in [1.29, 1.82) is 0 Å². The molecule has 0 aromatic heterocycles. The van der Waals surface area contributed by atoms with Gasteiger partial charge in [0.2, 0.25) is 5.78 Å². The van der Waals surface area contributed by atoms with E-state index in [0.717, 1.165) is 0 Å². The number of hydrogen-bond donors (Lipinski definition) is 5. The van der Waals surface area contributed by atoms with Crippen LogP contribution in [0.1, 0.15) is 88.3 Å². The standard InChI is InChI=1S/C29H35NO10/c1-6-29(37)11-16(40-17-10-14(30(3)4)23(31)12(2)39-17)19-22(28(29)36)27(35)20-21(26(19)34)25(33)18-13(24(20)32)8-7-9-15(18)38-5/h7-9,12,14,16-17,23,28,31,34-37H,6,10-11H2,1-5H3. The van der Waals surface area contributed by atoms with Crippen molar-refractivity contribution in [3.8, 4) is 17.2 Å². The van der Waals surface area contributed by atoms with E-state index in [4.69, 9.17) is 14.2 Å². The molecule has 7 unspecified atom stereocenters. The number of benzene rings is 2. The molecule has 11 nitrogen and oxygen atoms in total. The molecule has 2 aliphatic carbocycles. The third kappa shape index (κ3) is 4.11. The summed E-state index contributed by atoms with van der Waals surface area (Å²) in [6, 6.07) is 4.14. The highest BCUT2D eigenvalue weighted by Crippen LogP contribution is 2.56. The van der Waals surface area contributed by atoms with E-state index >= 15 is 0 Å². The van der Waals surface area contributed by atoms with Crippen LogP contribution in [0.15, 0.2) is 18.2 Å². The molecule has 2 aromatic carbocycles. The molecule has 0 radical (unpaired) electrons. The highest BCUT2D eigenvalue weighted by Gasteiger charge is 2.51. The van der Waals surface area contributed by atoms with Crippen molar-refractivity contribution in [2.24, 2.45) is 0 Å². The maximum Gasteiger partial charge on any atom is 0.202 e. The number of aromatic hydroxyl groups is 2. The number of ketones is 2. The molecule has 216 valence electrons. The van der Waals surface area contributed by atoms with Crippen LogP contribution in [0, 0.1) is 0 Å². The molecule has 40 heavy (non-hydrogen) atoms. The van der Waals surface area contributed by atoms with Crippen molar-refractivity contribution in [1.82, 2.24) is 4.90 Å². The van der Waals surface area contributed by atoms with E-state index in [1.807, 2.05) is 19.0 Å². The summed E-state index contributed by atoms with van der Waals surface area (Å²) in [5.41, 5.74) is -3.14. The monoisotopic (exact) mass is 557 g/mol. The minimum Gasteiger partial charge on any atom is -0.507 e. The number of aliphatic hydroxyl groups excluding tert-OH is 2. The Morgan fingerprint density at radius 3 is 2.33 bits per heavy atom. The van der Waals surface area contributed by atoms with Gasteiger partial charge in [-0.25, -0.2) is 0 Å². The zero-order valence-electron chi connectivity index (χ0n) is 23.0. The molecule has 0 bridgehead atoms. The lowest BCUT2D eigenvalue weighted by molar-refractivity contribution is -0.261. The average molecular weight is 558 g/mol. The van der Waals surface area contributed by atoms with Crippen molar-refractivity contribution < 1.29 is 49.3 Å². The average Bonchev–Trinajstić information content (AvgIpc) is 2.92. The number of aliphatic hydroxyl groups is 3. The van der Waals surface area contributed by atoms with Gasteiger partial charge in [-0.05, 0) is 33.5 Å². The van der Waals surface area contributed by atoms with Crippen LogP contribution in [0.4, 0.5) is 0 Å². The molecule has 0 spiro atoms. The molecule has 1 heterocycles. The molecule has 11 heteroatoms. The van der Waals surface area contributed by atoms with Gasteiger partial charge in [0, 0.05) is 35.6 Å². The molecule has 1 saturated heterocycles. The lowest BCUT2D eigenvalue weighted by atomic mass is 9.70. The fourth-order valence-electron chi connectivity index (χ4n) is 6.26. The fourth-order valence-corrected chi connectivity index (χ4v) is 6.26. The quantitative estimate of drug-likeness (QED) is 0.291. The zero-order chi connectivity index (χ0) is 29.3. The SMILES string of the molecule is CCC1(O)CC(OC2CC(N(C)C)C(O)C(C)O2)c2c(O)c3c(c(O)c2C1O)C(=O)c1cccc(OC)c1C3=O. The van der Waals surface area contributed by atoms with Crippen LogP contribution < -0.4 is 4.74 Å². The van der Waals surface area contributed by atoms with Gasteiger partial charge in [-0.3, -0.25) is 9.59 Å². The van der Waals surface area contributed by atoms with Gasteiger partial charge in [-0.2, -0.15) is 0 Å². The highest BCUT2D eigenvalue weighted by atomic mass is 16.7. The van der Waals surface area contributed by atoms with E-state index < -0.39 is 70.5 Å². The number of nitrogens with zero attached hydrogens (tertiary/aromatic N) is 1. The lowest BCUT2D eigenvalue weighted by Gasteiger charge is -2.45. The minimum absolute atomic E-state index is 0.0202. The summed E-state index contributed by atoms with van der Waals surface area (Å²) in [5.74, 6) is -2.68. The summed E-state index contributed by atoms with van der Waals surface area (Å²) in [6.45, 7) is 3.35. The summed E-state index contributed by atoms with van der Waals surface area (Å²) < 4.78 is 17.5. The van der Waals surface area contributed by atoms with Gasteiger partial charge in [0.05, 0.1) is 47.7 Å². The second kappa shape index (κ2) is 10.1. The summed E-state index contributed by atoms with van der Waals surface area (Å²) in [6.07, 6.45) is -5.01. The predicted molar refractivity (Wildman–Crippen MR) is 141 cm³/mol. The number of rotatable bonds is 5. The van der Waals surface area contributed by atoms with Crippen LogP contribution >= 0.6 is 0 Å². The van der Waals surface area contributed by atoms with E-state index in [-0.39, 0.29) is 53.3 Å². The second-order valence-electron chi connectivity index (χ2n) is 11.0. The first-order valence-electron chi connectivity index (χ1n) is 13.3. The number of ether oxygens (including phenoxy) is 3. The van der Waals surface area contributed by atoms with Crippen molar-refractivity contribution in [3.05, 3.63) is 51.6 Å². The Hall–Kier alpha value is -3.06. The number of hydrogen-bond acceptors (Lipinski definition) is 11. The van der Waals surface area contributed by atoms with Crippen molar-refractivity contribution >= 4 is 11.6 Å². The molecule has 0 saturated carbocycles. The molecule has 3 aliphatic rings. The number of carbonyl (C=O) groups is 2. The third-order valence-corrected chi connectivity index (χ3v) is 8.61. The molecule has 5 N–H and O–H groups in total. The van der Waals surface area contributed by atoms with Crippen LogP contribution in [0.3, 0.4) is 0 Å². The first-order chi connectivity index (χ1) is 18.9. The van der Waals surface area contributed by atoms with Crippen LogP contribution in [0.25, 0.3) is 0 Å². The number of phenolic OH excluding ortho intramolecular Hbond substituents is 2. The topological polar surface area (TPSA) is 166 Å². The van der Waals surface area contributed by atoms with Crippen LogP contribution in [0.2, 0.25) is 0 Å². The van der Waals surface area contributed by atoms with E-state index in [0.29, 0.717) is 0 Å². The Labute approximate surface area is 231 Å². The summed E-state index contributed by atoms with van der Waals surface area (Å²) in [7, 11) is 4.98. The fraction of sp³-hybridized carbons (Fsp3) is 0.517. The number of likely N-dealkylation sites (N-methyl/N-ethyl adjacent to an activating group) is 1. The van der Waals surface area contributed by atoms with Crippen molar-refractivity contribution in [2.75, 3.05) is 21.2 Å². The first-order valence-corrected chi connectivity index (χ1v) is 13.3. The summed E-state index contributed by atoms with van der Waals surface area (Å²) >= 11 is 0. The molecular formula is C29H35NO10. The Morgan fingerprint density at radius 1 is 1.05 bits per heavy atom. The van der Waals surface area contributed by atoms with Crippen molar-refractivity contribution in [3.63, 3.8) is 0 Å². The van der Waals surface area contributed by atoms with E-state index in [9.17, 15) is 35.1 Å². The molecular weight excluding hydrogens is 522 g/mol. The maximum atomic E-state index is 13.7. The molecule has 1 aliphatic heterocycles. The second-order valence-corrected chi connectivity index (χ2v) is 11.0. The number of methoxy groups -OCH3 is 1. The minimum atomic E-state index is -1.79.